The number of hydrogen-bond acceptors (Lipinski definition) is 5. The number of hydrogen-bond donors (Lipinski definition) is 1. The largest absolute Gasteiger partial charge is 0.490 e. The first-order valence-corrected chi connectivity index (χ1v) is 10.3. The first-order valence-electron chi connectivity index (χ1n) is 8.90. The SMILES string of the molecule is CN(CC(=O)Nc1ccc(C(F)(F)F)cc1)S(=O)(=O)c1ccc2c(c1)OCCCO2. The lowest BCUT2D eigenvalue weighted by molar-refractivity contribution is -0.137. The fourth-order valence-corrected chi connectivity index (χ4v) is 3.86. The number of anilines is 1. The molecule has 0 fully saturated rings. The third kappa shape index (κ3) is 5.03. The molecule has 1 heterocycles. The molecule has 11 heteroatoms. The Morgan fingerprint density at radius 1 is 1.07 bits per heavy atom. The van der Waals surface area contributed by atoms with Crippen molar-refractivity contribution in [1.29, 1.82) is 0 Å². The number of sulfonamides is 1. The normalized spacial score (nSPS) is 14.3. The third-order valence-electron chi connectivity index (χ3n) is 4.29. The van der Waals surface area contributed by atoms with Crippen LogP contribution in [0.1, 0.15) is 12.0 Å². The van der Waals surface area contributed by atoms with Crippen LogP contribution in [0, 0.1) is 0 Å². The summed E-state index contributed by atoms with van der Waals surface area (Å²) in [6.07, 6.45) is -3.82. The van der Waals surface area contributed by atoms with Gasteiger partial charge >= 0.3 is 6.18 Å². The van der Waals surface area contributed by atoms with E-state index in [-0.39, 0.29) is 10.6 Å². The second-order valence-corrected chi connectivity index (χ2v) is 8.59. The van der Waals surface area contributed by atoms with E-state index in [9.17, 15) is 26.4 Å². The summed E-state index contributed by atoms with van der Waals surface area (Å²) in [6, 6.07) is 8.02. The zero-order valence-electron chi connectivity index (χ0n) is 15.9. The number of fused-ring (bicyclic) bond motifs is 1. The molecule has 0 radical (unpaired) electrons. The monoisotopic (exact) mass is 444 g/mol. The average molecular weight is 444 g/mol. The van der Waals surface area contributed by atoms with Crippen LogP contribution >= 0.6 is 0 Å². The Bertz CT molecular complexity index is 1020. The molecule has 2 aromatic rings. The van der Waals surface area contributed by atoms with Crippen LogP contribution in [0.4, 0.5) is 18.9 Å². The van der Waals surface area contributed by atoms with Gasteiger partial charge in [0.15, 0.2) is 11.5 Å². The number of ether oxygens (including phenoxy) is 2. The molecule has 1 aliphatic rings. The smallest absolute Gasteiger partial charge is 0.416 e. The van der Waals surface area contributed by atoms with Gasteiger partial charge in [0, 0.05) is 25.2 Å². The number of carbonyl (C=O) groups excluding carboxylic acids is 1. The summed E-state index contributed by atoms with van der Waals surface area (Å²) in [6.45, 7) is 0.322. The summed E-state index contributed by atoms with van der Waals surface area (Å²) in [5, 5.41) is 2.38. The number of halogens is 3. The number of carbonyl (C=O) groups is 1. The highest BCUT2D eigenvalue weighted by Crippen LogP contribution is 2.33. The van der Waals surface area contributed by atoms with Crippen molar-refractivity contribution in [3.8, 4) is 11.5 Å². The summed E-state index contributed by atoms with van der Waals surface area (Å²) in [5.41, 5.74) is -0.732. The molecule has 1 N–H and O–H groups in total. The van der Waals surface area contributed by atoms with E-state index < -0.39 is 34.2 Å². The fraction of sp³-hybridized carbons (Fsp3) is 0.316. The van der Waals surface area contributed by atoms with E-state index >= 15 is 0 Å². The predicted octanol–water partition coefficient (Wildman–Crippen LogP) is 3.13. The molecule has 7 nitrogen and oxygen atoms in total. The van der Waals surface area contributed by atoms with Crippen molar-refractivity contribution in [1.82, 2.24) is 4.31 Å². The molecule has 0 saturated heterocycles. The number of rotatable bonds is 5. The molecule has 0 atom stereocenters. The van der Waals surface area contributed by atoms with Crippen molar-refractivity contribution < 1.29 is 35.9 Å². The minimum atomic E-state index is -4.49. The maximum Gasteiger partial charge on any atom is 0.416 e. The van der Waals surface area contributed by atoms with Gasteiger partial charge in [0.2, 0.25) is 15.9 Å². The van der Waals surface area contributed by atoms with Gasteiger partial charge in [-0.2, -0.15) is 17.5 Å². The van der Waals surface area contributed by atoms with E-state index in [1.165, 1.54) is 25.2 Å². The van der Waals surface area contributed by atoms with E-state index in [0.717, 1.165) is 28.6 Å². The molecular weight excluding hydrogens is 425 g/mol. The number of benzene rings is 2. The molecule has 30 heavy (non-hydrogen) atoms. The summed E-state index contributed by atoms with van der Waals surface area (Å²) >= 11 is 0. The van der Waals surface area contributed by atoms with Gasteiger partial charge in [0.05, 0.1) is 30.2 Å². The highest BCUT2D eigenvalue weighted by atomic mass is 32.2. The van der Waals surface area contributed by atoms with Crippen molar-refractivity contribution in [2.75, 3.05) is 32.1 Å². The standard InChI is InChI=1S/C19H19F3N2O5S/c1-24(12-18(25)23-14-5-3-13(4-6-14)19(20,21)22)30(26,27)15-7-8-16-17(11-15)29-10-2-9-28-16/h3-8,11H,2,9-10,12H2,1H3,(H,23,25). The van der Waals surface area contributed by atoms with Gasteiger partial charge in [-0.15, -0.1) is 0 Å². The molecule has 2 aromatic carbocycles. The minimum absolute atomic E-state index is 0.0726. The molecule has 0 saturated carbocycles. The summed E-state index contributed by atoms with van der Waals surface area (Å²) in [4.78, 5) is 12.1. The van der Waals surface area contributed by atoms with Crippen LogP contribution < -0.4 is 14.8 Å². The topological polar surface area (TPSA) is 84.9 Å². The Balaban J connectivity index is 1.68. The van der Waals surface area contributed by atoms with Crippen LogP contribution in [0.5, 0.6) is 11.5 Å². The second-order valence-electron chi connectivity index (χ2n) is 6.54. The molecule has 0 bridgehead atoms. The zero-order valence-corrected chi connectivity index (χ0v) is 16.7. The van der Waals surface area contributed by atoms with Gasteiger partial charge in [0.1, 0.15) is 0 Å². The Labute approximate surface area is 171 Å². The van der Waals surface area contributed by atoms with Crippen molar-refractivity contribution in [3.63, 3.8) is 0 Å². The zero-order chi connectivity index (χ0) is 21.9. The van der Waals surface area contributed by atoms with Crippen LogP contribution in [0.25, 0.3) is 0 Å². The molecule has 0 spiro atoms. The van der Waals surface area contributed by atoms with E-state index in [2.05, 4.69) is 5.32 Å². The van der Waals surface area contributed by atoms with Crippen LogP contribution in [0.3, 0.4) is 0 Å². The quantitative estimate of drug-likeness (QED) is 0.766. The Hall–Kier alpha value is -2.79. The number of alkyl halides is 3. The Morgan fingerprint density at radius 2 is 1.70 bits per heavy atom. The molecule has 0 aromatic heterocycles. The van der Waals surface area contributed by atoms with Crippen LogP contribution in [-0.4, -0.2) is 45.4 Å². The minimum Gasteiger partial charge on any atom is -0.490 e. The van der Waals surface area contributed by atoms with Gasteiger partial charge in [-0.25, -0.2) is 8.42 Å². The van der Waals surface area contributed by atoms with Gasteiger partial charge in [0.25, 0.3) is 0 Å². The van der Waals surface area contributed by atoms with Crippen LogP contribution in [0.15, 0.2) is 47.4 Å². The maximum absolute atomic E-state index is 12.8. The van der Waals surface area contributed by atoms with E-state index in [1.807, 2.05) is 0 Å². The molecule has 0 unspecified atom stereocenters. The predicted molar refractivity (Wildman–Crippen MR) is 102 cm³/mol. The van der Waals surface area contributed by atoms with Crippen molar-refractivity contribution >= 4 is 21.6 Å². The van der Waals surface area contributed by atoms with Crippen LogP contribution in [-0.2, 0) is 21.0 Å². The molecule has 0 aliphatic carbocycles. The number of nitrogens with one attached hydrogen (secondary N) is 1. The Morgan fingerprint density at radius 3 is 2.33 bits per heavy atom. The first-order chi connectivity index (χ1) is 14.1. The third-order valence-corrected chi connectivity index (χ3v) is 6.09. The number of nitrogens with zero attached hydrogens (tertiary/aromatic N) is 1. The molecule has 162 valence electrons. The van der Waals surface area contributed by atoms with E-state index in [0.29, 0.717) is 31.1 Å². The highest BCUT2D eigenvalue weighted by Gasteiger charge is 2.30. The van der Waals surface area contributed by atoms with E-state index in [4.69, 9.17) is 9.47 Å². The lowest BCUT2D eigenvalue weighted by atomic mass is 10.2. The highest BCUT2D eigenvalue weighted by molar-refractivity contribution is 7.89. The van der Waals surface area contributed by atoms with Crippen molar-refractivity contribution in [2.45, 2.75) is 17.5 Å². The van der Waals surface area contributed by atoms with Gasteiger partial charge < -0.3 is 14.8 Å². The summed E-state index contributed by atoms with van der Waals surface area (Å²) in [5.74, 6) is 0.0421. The lowest BCUT2D eigenvalue weighted by Crippen LogP contribution is -2.35. The maximum atomic E-state index is 12.8. The van der Waals surface area contributed by atoms with E-state index in [1.54, 1.807) is 0 Å². The summed E-state index contributed by atoms with van der Waals surface area (Å²) in [7, 11) is -2.78. The molecule has 1 amide bonds. The van der Waals surface area contributed by atoms with Crippen molar-refractivity contribution in [2.24, 2.45) is 0 Å². The van der Waals surface area contributed by atoms with Crippen molar-refractivity contribution in [3.05, 3.63) is 48.0 Å². The van der Waals surface area contributed by atoms with Gasteiger partial charge in [-0.3, -0.25) is 4.79 Å². The molecular formula is C19H19F3N2O5S. The Kier molecular flexibility index (Phi) is 6.22. The first kappa shape index (κ1) is 21.9. The lowest BCUT2D eigenvalue weighted by Gasteiger charge is -2.18. The second kappa shape index (κ2) is 8.52. The number of likely N-dealkylation sites (N-methyl/N-ethyl adjacent to an activating group) is 1. The van der Waals surface area contributed by atoms with Crippen LogP contribution in [0.2, 0.25) is 0 Å². The molecule has 1 aliphatic heterocycles. The van der Waals surface area contributed by atoms with Gasteiger partial charge in [-0.1, -0.05) is 0 Å². The fourth-order valence-electron chi connectivity index (χ4n) is 2.71. The average Bonchev–Trinajstić information content (AvgIpc) is 2.92. The van der Waals surface area contributed by atoms with Gasteiger partial charge in [-0.05, 0) is 36.4 Å². The number of amides is 1. The molecule has 3 rings (SSSR count). The summed E-state index contributed by atoms with van der Waals surface area (Å²) < 4.78 is 75.1.